The number of rotatable bonds is 3. The fourth-order valence-corrected chi connectivity index (χ4v) is 3.47. The van der Waals surface area contributed by atoms with E-state index in [4.69, 9.17) is 0 Å². The van der Waals surface area contributed by atoms with Crippen molar-refractivity contribution in [3.8, 4) is 0 Å². The molecule has 2 rings (SSSR count). The van der Waals surface area contributed by atoms with Crippen LogP contribution in [-0.4, -0.2) is 34.1 Å². The molecule has 2 heterocycles. The molecule has 0 bridgehead atoms. The third-order valence-electron chi connectivity index (χ3n) is 3.66. The molecule has 112 valence electrons. The van der Waals surface area contributed by atoms with E-state index in [1.165, 1.54) is 0 Å². The molecule has 1 fully saturated rings. The second-order valence-corrected chi connectivity index (χ2v) is 7.87. The lowest BCUT2D eigenvalue weighted by atomic mass is 9.90. The molecule has 1 aliphatic rings. The van der Waals surface area contributed by atoms with E-state index in [0.29, 0.717) is 18.2 Å². The van der Waals surface area contributed by atoms with Gasteiger partial charge >= 0.3 is 0 Å². The lowest BCUT2D eigenvalue weighted by Gasteiger charge is -2.32. The van der Waals surface area contributed by atoms with Gasteiger partial charge in [-0.05, 0) is 24.7 Å². The minimum absolute atomic E-state index is 0.0726. The van der Waals surface area contributed by atoms with Crippen LogP contribution in [0.4, 0.5) is 0 Å². The van der Waals surface area contributed by atoms with E-state index in [9.17, 15) is 4.79 Å². The number of carbonyl (C=O) groups is 1. The first-order chi connectivity index (χ1) is 9.39. The van der Waals surface area contributed by atoms with Gasteiger partial charge < -0.3 is 4.90 Å². The van der Waals surface area contributed by atoms with E-state index in [1.54, 1.807) is 11.3 Å². The Labute approximate surface area is 125 Å². The second kappa shape index (κ2) is 6.20. The highest BCUT2D eigenvalue weighted by atomic mass is 32.1. The molecular formula is C15H25N3OS. The van der Waals surface area contributed by atoms with Crippen molar-refractivity contribution < 1.29 is 4.79 Å². The van der Waals surface area contributed by atoms with E-state index in [1.807, 2.05) is 4.90 Å². The van der Waals surface area contributed by atoms with Crippen molar-refractivity contribution >= 4 is 17.2 Å². The molecule has 0 radical (unpaired) electrons. The van der Waals surface area contributed by atoms with E-state index in [2.05, 4.69) is 37.9 Å². The normalized spacial score (nSPS) is 17.5. The largest absolute Gasteiger partial charge is 0.343 e. The van der Waals surface area contributed by atoms with Crippen LogP contribution in [0.15, 0.2) is 0 Å². The Bertz CT molecular complexity index is 456. The number of hydrogen-bond acceptors (Lipinski definition) is 4. The van der Waals surface area contributed by atoms with Crippen LogP contribution in [0.3, 0.4) is 0 Å². The van der Waals surface area contributed by atoms with Crippen molar-refractivity contribution in [2.75, 3.05) is 13.1 Å². The van der Waals surface area contributed by atoms with Crippen LogP contribution in [0.5, 0.6) is 0 Å². The van der Waals surface area contributed by atoms with Crippen LogP contribution in [0.25, 0.3) is 0 Å². The van der Waals surface area contributed by atoms with Gasteiger partial charge in [0.2, 0.25) is 5.91 Å². The molecule has 0 saturated carbocycles. The molecule has 4 nitrogen and oxygen atoms in total. The van der Waals surface area contributed by atoms with Crippen molar-refractivity contribution in [3.05, 3.63) is 10.0 Å². The van der Waals surface area contributed by atoms with Gasteiger partial charge in [0.15, 0.2) is 0 Å². The van der Waals surface area contributed by atoms with Crippen molar-refractivity contribution in [2.24, 2.45) is 5.41 Å². The van der Waals surface area contributed by atoms with Gasteiger partial charge in [-0.2, -0.15) is 0 Å². The summed E-state index contributed by atoms with van der Waals surface area (Å²) in [5.41, 5.74) is 0.0726. The van der Waals surface area contributed by atoms with Crippen LogP contribution in [-0.2, 0) is 11.2 Å². The summed E-state index contributed by atoms with van der Waals surface area (Å²) in [5, 5.41) is 10.8. The van der Waals surface area contributed by atoms with E-state index in [-0.39, 0.29) is 5.41 Å². The number of aryl methyl sites for hydroxylation is 1. The monoisotopic (exact) mass is 295 g/mol. The molecular weight excluding hydrogens is 270 g/mol. The highest BCUT2D eigenvalue weighted by molar-refractivity contribution is 7.11. The summed E-state index contributed by atoms with van der Waals surface area (Å²) in [6, 6.07) is 0. The van der Waals surface area contributed by atoms with Crippen LogP contribution in [0.2, 0.25) is 0 Å². The van der Waals surface area contributed by atoms with Crippen molar-refractivity contribution in [3.63, 3.8) is 0 Å². The standard InChI is InChI=1S/C15H25N3OS/c1-5-12-16-17-14(20-12)11-6-8-18(9-7-11)13(19)10-15(2,3)4/h11H,5-10H2,1-4H3. The summed E-state index contributed by atoms with van der Waals surface area (Å²) < 4.78 is 0. The van der Waals surface area contributed by atoms with E-state index < -0.39 is 0 Å². The molecule has 1 aromatic heterocycles. The average Bonchev–Trinajstić information content (AvgIpc) is 2.85. The predicted molar refractivity (Wildman–Crippen MR) is 81.9 cm³/mol. The summed E-state index contributed by atoms with van der Waals surface area (Å²) in [6.07, 6.45) is 3.64. The molecule has 0 N–H and O–H groups in total. The van der Waals surface area contributed by atoms with Crippen LogP contribution in [0.1, 0.15) is 62.9 Å². The summed E-state index contributed by atoms with van der Waals surface area (Å²) >= 11 is 1.73. The van der Waals surface area contributed by atoms with Gasteiger partial charge in [0.05, 0.1) is 0 Å². The quantitative estimate of drug-likeness (QED) is 0.860. The number of piperidine rings is 1. The van der Waals surface area contributed by atoms with Gasteiger partial charge in [0.1, 0.15) is 10.0 Å². The third-order valence-corrected chi connectivity index (χ3v) is 4.89. The molecule has 1 aliphatic heterocycles. The van der Waals surface area contributed by atoms with E-state index in [0.717, 1.165) is 42.4 Å². The molecule has 0 spiro atoms. The number of carbonyl (C=O) groups excluding carboxylic acids is 1. The maximum atomic E-state index is 12.2. The Morgan fingerprint density at radius 2 is 1.95 bits per heavy atom. The molecule has 20 heavy (non-hydrogen) atoms. The van der Waals surface area contributed by atoms with Gasteiger partial charge in [-0.1, -0.05) is 27.7 Å². The maximum absolute atomic E-state index is 12.2. The predicted octanol–water partition coefficient (Wildman–Crippen LogP) is 3.24. The van der Waals surface area contributed by atoms with Gasteiger partial charge in [0, 0.05) is 25.4 Å². The number of amides is 1. The minimum atomic E-state index is 0.0726. The number of likely N-dealkylation sites (tertiary alicyclic amines) is 1. The van der Waals surface area contributed by atoms with Crippen molar-refractivity contribution in [2.45, 2.75) is 59.3 Å². The average molecular weight is 295 g/mol. The molecule has 1 saturated heterocycles. The molecule has 0 unspecified atom stereocenters. The lowest BCUT2D eigenvalue weighted by Crippen LogP contribution is -2.39. The number of aromatic nitrogens is 2. The fraction of sp³-hybridized carbons (Fsp3) is 0.800. The summed E-state index contributed by atoms with van der Waals surface area (Å²) in [5.74, 6) is 0.786. The topological polar surface area (TPSA) is 46.1 Å². The molecule has 5 heteroatoms. The lowest BCUT2D eigenvalue weighted by molar-refractivity contribution is -0.134. The molecule has 0 atom stereocenters. The zero-order valence-corrected chi connectivity index (χ0v) is 13.8. The van der Waals surface area contributed by atoms with Crippen LogP contribution in [0, 0.1) is 5.41 Å². The molecule has 0 aromatic carbocycles. The van der Waals surface area contributed by atoms with Gasteiger partial charge in [-0.3, -0.25) is 4.79 Å². The smallest absolute Gasteiger partial charge is 0.223 e. The van der Waals surface area contributed by atoms with Crippen molar-refractivity contribution in [1.82, 2.24) is 15.1 Å². The van der Waals surface area contributed by atoms with Crippen LogP contribution < -0.4 is 0 Å². The molecule has 0 aliphatic carbocycles. The highest BCUT2D eigenvalue weighted by Crippen LogP contribution is 2.31. The fourth-order valence-electron chi connectivity index (χ4n) is 2.52. The zero-order chi connectivity index (χ0) is 14.8. The minimum Gasteiger partial charge on any atom is -0.343 e. The third kappa shape index (κ3) is 4.01. The Kier molecular flexibility index (Phi) is 4.78. The van der Waals surface area contributed by atoms with Gasteiger partial charge in [0.25, 0.3) is 0 Å². The summed E-state index contributed by atoms with van der Waals surface area (Å²) in [4.78, 5) is 14.2. The zero-order valence-electron chi connectivity index (χ0n) is 13.0. The first-order valence-corrected chi connectivity index (χ1v) is 8.31. The molecule has 1 amide bonds. The highest BCUT2D eigenvalue weighted by Gasteiger charge is 2.27. The number of hydrogen-bond donors (Lipinski definition) is 0. The SMILES string of the molecule is CCc1nnc(C2CCN(C(=O)CC(C)(C)C)CC2)s1. The van der Waals surface area contributed by atoms with Gasteiger partial charge in [-0.15, -0.1) is 21.5 Å². The first kappa shape index (κ1) is 15.4. The molecule has 1 aromatic rings. The summed E-state index contributed by atoms with van der Waals surface area (Å²) in [7, 11) is 0. The van der Waals surface area contributed by atoms with Crippen LogP contribution >= 0.6 is 11.3 Å². The first-order valence-electron chi connectivity index (χ1n) is 7.49. The van der Waals surface area contributed by atoms with E-state index >= 15 is 0 Å². The Morgan fingerprint density at radius 3 is 2.45 bits per heavy atom. The Morgan fingerprint density at radius 1 is 1.30 bits per heavy atom. The van der Waals surface area contributed by atoms with Crippen molar-refractivity contribution in [1.29, 1.82) is 0 Å². The number of nitrogens with zero attached hydrogens (tertiary/aromatic N) is 3. The van der Waals surface area contributed by atoms with Gasteiger partial charge in [-0.25, -0.2) is 0 Å². The Balaban J connectivity index is 1.87. The summed E-state index contributed by atoms with van der Waals surface area (Å²) in [6.45, 7) is 10.2. The Hall–Kier alpha value is -0.970. The maximum Gasteiger partial charge on any atom is 0.223 e. The second-order valence-electron chi connectivity index (χ2n) is 6.78.